The molecule has 0 aromatic heterocycles. The summed E-state index contributed by atoms with van der Waals surface area (Å²) in [5, 5.41) is 0. The highest BCUT2D eigenvalue weighted by molar-refractivity contribution is 14.1. The smallest absolute Gasteiger partial charge is 0.0165 e. The molecule has 0 spiro atoms. The van der Waals surface area contributed by atoms with Crippen molar-refractivity contribution in [2.75, 3.05) is 0 Å². The molecule has 1 heteroatoms. The zero-order valence-electron chi connectivity index (χ0n) is 7.89. The molecule has 1 aromatic carbocycles. The minimum absolute atomic E-state index is 0.642. The van der Waals surface area contributed by atoms with Gasteiger partial charge in [-0.15, -0.1) is 0 Å². The van der Waals surface area contributed by atoms with Gasteiger partial charge in [0.25, 0.3) is 0 Å². The highest BCUT2D eigenvalue weighted by atomic mass is 127. The molecule has 12 heavy (non-hydrogen) atoms. The summed E-state index contributed by atoms with van der Waals surface area (Å²) in [6.45, 7) is 6.69. The molecule has 0 N–H and O–H groups in total. The molecule has 0 saturated heterocycles. The molecule has 0 heterocycles. The van der Waals surface area contributed by atoms with Gasteiger partial charge < -0.3 is 0 Å². The largest absolute Gasteiger partial charge is 0.0613 e. The number of halogens is 1. The Morgan fingerprint density at radius 3 is 2.50 bits per heavy atom. The van der Waals surface area contributed by atoms with Crippen LogP contribution in [0.5, 0.6) is 0 Å². The van der Waals surface area contributed by atoms with E-state index in [1.54, 1.807) is 0 Å². The SMILES string of the molecule is CCc1ccc(I)c(C(C)C)c1. The predicted molar refractivity (Wildman–Crippen MR) is 62.6 cm³/mol. The van der Waals surface area contributed by atoms with Crippen LogP contribution in [-0.2, 0) is 6.42 Å². The summed E-state index contributed by atoms with van der Waals surface area (Å²) in [4.78, 5) is 0. The standard InChI is InChI=1S/C11H15I/c1-4-9-5-6-11(12)10(7-9)8(2)3/h5-8H,4H2,1-3H3. The Balaban J connectivity index is 3.08. The van der Waals surface area contributed by atoms with E-state index in [0.29, 0.717) is 5.92 Å². The molecule has 0 amide bonds. The first-order valence-corrected chi connectivity index (χ1v) is 5.51. The summed E-state index contributed by atoms with van der Waals surface area (Å²) in [5.41, 5.74) is 2.93. The zero-order valence-corrected chi connectivity index (χ0v) is 10.1. The lowest BCUT2D eigenvalue weighted by Gasteiger charge is -2.09. The summed E-state index contributed by atoms with van der Waals surface area (Å²) in [6.07, 6.45) is 1.14. The van der Waals surface area contributed by atoms with Crippen LogP contribution >= 0.6 is 22.6 Å². The molecule has 0 atom stereocenters. The van der Waals surface area contributed by atoms with Gasteiger partial charge in [-0.2, -0.15) is 0 Å². The first kappa shape index (κ1) is 10.0. The van der Waals surface area contributed by atoms with Gasteiger partial charge in [-0.05, 0) is 52.1 Å². The third-order valence-corrected chi connectivity index (χ3v) is 3.07. The van der Waals surface area contributed by atoms with Crippen molar-refractivity contribution >= 4 is 22.6 Å². The fourth-order valence-electron chi connectivity index (χ4n) is 1.26. The molecule has 1 rings (SSSR count). The number of hydrogen-bond acceptors (Lipinski definition) is 0. The molecular weight excluding hydrogens is 259 g/mol. The van der Waals surface area contributed by atoms with Crippen molar-refractivity contribution in [1.29, 1.82) is 0 Å². The fourth-order valence-corrected chi connectivity index (χ4v) is 2.21. The molecule has 0 nitrogen and oxygen atoms in total. The Morgan fingerprint density at radius 2 is 2.00 bits per heavy atom. The average Bonchev–Trinajstić information content (AvgIpc) is 2.05. The van der Waals surface area contributed by atoms with E-state index in [0.717, 1.165) is 6.42 Å². The molecule has 0 bridgehead atoms. The minimum Gasteiger partial charge on any atom is -0.0613 e. The summed E-state index contributed by atoms with van der Waals surface area (Å²) < 4.78 is 1.39. The van der Waals surface area contributed by atoms with Crippen LogP contribution in [0, 0.1) is 3.57 Å². The van der Waals surface area contributed by atoms with Crippen molar-refractivity contribution in [3.8, 4) is 0 Å². The van der Waals surface area contributed by atoms with Crippen LogP contribution in [0.25, 0.3) is 0 Å². The molecule has 0 aliphatic carbocycles. The van der Waals surface area contributed by atoms with Crippen LogP contribution < -0.4 is 0 Å². The maximum Gasteiger partial charge on any atom is 0.0165 e. The number of aryl methyl sites for hydroxylation is 1. The van der Waals surface area contributed by atoms with E-state index in [4.69, 9.17) is 0 Å². The van der Waals surface area contributed by atoms with Gasteiger partial charge in [0.15, 0.2) is 0 Å². The lowest BCUT2D eigenvalue weighted by atomic mass is 10.0. The van der Waals surface area contributed by atoms with Crippen LogP contribution in [0.15, 0.2) is 18.2 Å². The van der Waals surface area contributed by atoms with Gasteiger partial charge in [0.05, 0.1) is 0 Å². The van der Waals surface area contributed by atoms with Crippen molar-refractivity contribution in [3.63, 3.8) is 0 Å². The Bertz CT molecular complexity index is 264. The molecule has 0 radical (unpaired) electrons. The number of rotatable bonds is 2. The first-order valence-electron chi connectivity index (χ1n) is 4.43. The van der Waals surface area contributed by atoms with E-state index in [1.165, 1.54) is 14.7 Å². The normalized spacial score (nSPS) is 10.8. The van der Waals surface area contributed by atoms with Gasteiger partial charge in [0, 0.05) is 3.57 Å². The molecule has 0 aliphatic rings. The van der Waals surface area contributed by atoms with Gasteiger partial charge >= 0.3 is 0 Å². The Kier molecular flexibility index (Phi) is 3.56. The summed E-state index contributed by atoms with van der Waals surface area (Å²) in [5.74, 6) is 0.642. The van der Waals surface area contributed by atoms with Gasteiger partial charge in [-0.3, -0.25) is 0 Å². The Labute approximate surface area is 88.5 Å². The fraction of sp³-hybridized carbons (Fsp3) is 0.455. The zero-order chi connectivity index (χ0) is 9.14. The van der Waals surface area contributed by atoms with Crippen LogP contribution in [0.4, 0.5) is 0 Å². The predicted octanol–water partition coefficient (Wildman–Crippen LogP) is 3.98. The maximum atomic E-state index is 2.41. The average molecular weight is 274 g/mol. The van der Waals surface area contributed by atoms with Crippen molar-refractivity contribution < 1.29 is 0 Å². The molecule has 0 saturated carbocycles. The molecule has 0 unspecified atom stereocenters. The van der Waals surface area contributed by atoms with Crippen LogP contribution in [0.1, 0.15) is 37.8 Å². The molecule has 1 aromatic rings. The van der Waals surface area contributed by atoms with Crippen molar-refractivity contribution in [2.24, 2.45) is 0 Å². The third kappa shape index (κ3) is 2.22. The van der Waals surface area contributed by atoms with Gasteiger partial charge in [-0.1, -0.05) is 32.9 Å². The van der Waals surface area contributed by atoms with Gasteiger partial charge in [0.2, 0.25) is 0 Å². The highest BCUT2D eigenvalue weighted by Crippen LogP contribution is 2.22. The van der Waals surface area contributed by atoms with Gasteiger partial charge in [-0.25, -0.2) is 0 Å². The van der Waals surface area contributed by atoms with Crippen molar-refractivity contribution in [1.82, 2.24) is 0 Å². The Morgan fingerprint density at radius 1 is 1.33 bits per heavy atom. The third-order valence-electron chi connectivity index (χ3n) is 2.09. The second-order valence-electron chi connectivity index (χ2n) is 3.36. The van der Waals surface area contributed by atoms with E-state index in [1.807, 2.05) is 0 Å². The molecule has 66 valence electrons. The quantitative estimate of drug-likeness (QED) is 0.716. The first-order chi connectivity index (χ1) is 5.65. The molecular formula is C11H15I. The van der Waals surface area contributed by atoms with E-state index in [-0.39, 0.29) is 0 Å². The van der Waals surface area contributed by atoms with E-state index >= 15 is 0 Å². The maximum absolute atomic E-state index is 2.41. The highest BCUT2D eigenvalue weighted by Gasteiger charge is 2.04. The second kappa shape index (κ2) is 4.26. The minimum atomic E-state index is 0.642. The second-order valence-corrected chi connectivity index (χ2v) is 4.53. The van der Waals surface area contributed by atoms with Crippen molar-refractivity contribution in [2.45, 2.75) is 33.1 Å². The number of hydrogen-bond donors (Lipinski definition) is 0. The van der Waals surface area contributed by atoms with Crippen molar-refractivity contribution in [3.05, 3.63) is 32.9 Å². The summed E-state index contributed by atoms with van der Waals surface area (Å²) in [6, 6.07) is 6.76. The molecule has 0 fully saturated rings. The summed E-state index contributed by atoms with van der Waals surface area (Å²) >= 11 is 2.41. The number of benzene rings is 1. The monoisotopic (exact) mass is 274 g/mol. The van der Waals surface area contributed by atoms with Crippen LogP contribution in [0.3, 0.4) is 0 Å². The van der Waals surface area contributed by atoms with Crippen LogP contribution in [-0.4, -0.2) is 0 Å². The lowest BCUT2D eigenvalue weighted by molar-refractivity contribution is 0.856. The van der Waals surface area contributed by atoms with Gasteiger partial charge in [0.1, 0.15) is 0 Å². The molecule has 0 aliphatic heterocycles. The van der Waals surface area contributed by atoms with E-state index in [2.05, 4.69) is 61.6 Å². The lowest BCUT2D eigenvalue weighted by Crippen LogP contribution is -1.93. The Hall–Kier alpha value is -0.0500. The summed E-state index contributed by atoms with van der Waals surface area (Å²) in [7, 11) is 0. The topological polar surface area (TPSA) is 0 Å². The van der Waals surface area contributed by atoms with E-state index in [9.17, 15) is 0 Å². The van der Waals surface area contributed by atoms with E-state index < -0.39 is 0 Å². The van der Waals surface area contributed by atoms with Crippen LogP contribution in [0.2, 0.25) is 0 Å².